The number of carbonyl (C=O) groups excluding carboxylic acids is 2. The van der Waals surface area contributed by atoms with Crippen LogP contribution in [-0.2, 0) is 4.74 Å². The van der Waals surface area contributed by atoms with Gasteiger partial charge in [0.2, 0.25) is 0 Å². The molecule has 152 valence electrons. The summed E-state index contributed by atoms with van der Waals surface area (Å²) >= 11 is 0. The van der Waals surface area contributed by atoms with E-state index in [0.29, 0.717) is 11.4 Å². The summed E-state index contributed by atoms with van der Waals surface area (Å²) in [5.74, 6) is -0.949. The highest BCUT2D eigenvalue weighted by molar-refractivity contribution is 6.10. The van der Waals surface area contributed by atoms with Gasteiger partial charge in [0.1, 0.15) is 5.69 Å². The largest absolute Gasteiger partial charge is 0.462 e. The molecule has 3 rings (SSSR count). The molecule has 0 bridgehead atoms. The van der Waals surface area contributed by atoms with Crippen molar-refractivity contribution in [3.63, 3.8) is 0 Å². The molecule has 1 fully saturated rings. The molecule has 0 heterocycles. The number of hydrogen-bond acceptors (Lipinski definition) is 6. The fourth-order valence-electron chi connectivity index (χ4n) is 3.06. The third kappa shape index (κ3) is 4.53. The maximum absolute atomic E-state index is 13.2. The maximum Gasteiger partial charge on any atom is 0.340 e. The second kappa shape index (κ2) is 8.72. The second-order valence-electron chi connectivity index (χ2n) is 6.69. The molecule has 1 amide bonds. The second-order valence-corrected chi connectivity index (χ2v) is 6.69. The van der Waals surface area contributed by atoms with Crippen molar-refractivity contribution in [2.24, 2.45) is 0 Å². The summed E-state index contributed by atoms with van der Waals surface area (Å²) in [5.41, 5.74) is 1.12. The van der Waals surface area contributed by atoms with E-state index < -0.39 is 16.8 Å². The lowest BCUT2D eigenvalue weighted by molar-refractivity contribution is -0.384. The number of nitrogens with zero attached hydrogens (tertiary/aromatic N) is 2. The summed E-state index contributed by atoms with van der Waals surface area (Å²) in [4.78, 5) is 37.9. The summed E-state index contributed by atoms with van der Waals surface area (Å²) in [6.07, 6.45) is 1.96. The highest BCUT2D eigenvalue weighted by Crippen LogP contribution is 2.32. The molecule has 2 aromatic carbocycles. The standard InChI is InChI=1S/C21H23N3O5/c1-3-23(18-8-6-5-7-16(18)21(26)29-4-2)20(25)14-9-12-17(22-15-10-11-15)19(13-14)24(27)28/h5-9,12-13,15,22H,3-4,10-11H2,1-2H3. The number of rotatable bonds is 8. The Kier molecular flexibility index (Phi) is 6.11. The number of hydrogen-bond donors (Lipinski definition) is 1. The lowest BCUT2D eigenvalue weighted by atomic mass is 10.1. The molecule has 0 spiro atoms. The first-order chi connectivity index (χ1) is 14.0. The molecule has 0 unspecified atom stereocenters. The average molecular weight is 397 g/mol. The van der Waals surface area contributed by atoms with Gasteiger partial charge in [0.05, 0.1) is 22.8 Å². The fourth-order valence-corrected chi connectivity index (χ4v) is 3.06. The predicted molar refractivity (Wildman–Crippen MR) is 109 cm³/mol. The molecule has 1 aliphatic rings. The predicted octanol–water partition coefficient (Wildman–Crippen LogP) is 4.01. The van der Waals surface area contributed by atoms with Crippen LogP contribution in [0.5, 0.6) is 0 Å². The van der Waals surface area contributed by atoms with E-state index in [1.165, 1.54) is 11.0 Å². The Labute approximate surface area is 168 Å². The van der Waals surface area contributed by atoms with Crippen LogP contribution >= 0.6 is 0 Å². The monoisotopic (exact) mass is 397 g/mol. The number of anilines is 2. The van der Waals surface area contributed by atoms with E-state index >= 15 is 0 Å². The average Bonchev–Trinajstić information content (AvgIpc) is 3.53. The number of nitro benzene ring substituents is 1. The minimum absolute atomic E-state index is 0.141. The molecule has 1 N–H and O–H groups in total. The van der Waals surface area contributed by atoms with E-state index in [0.717, 1.165) is 12.8 Å². The Morgan fingerprint density at radius 3 is 2.55 bits per heavy atom. The number of nitrogens with one attached hydrogen (secondary N) is 1. The van der Waals surface area contributed by atoms with Crippen LogP contribution in [0.1, 0.15) is 47.4 Å². The quantitative estimate of drug-likeness (QED) is 0.410. The zero-order valence-electron chi connectivity index (χ0n) is 16.4. The van der Waals surface area contributed by atoms with Crippen LogP contribution < -0.4 is 10.2 Å². The maximum atomic E-state index is 13.2. The van der Waals surface area contributed by atoms with Crippen LogP contribution in [0.2, 0.25) is 0 Å². The number of esters is 1. The minimum atomic E-state index is -0.524. The van der Waals surface area contributed by atoms with E-state index in [4.69, 9.17) is 4.74 Å². The molecule has 0 aromatic heterocycles. The normalized spacial score (nSPS) is 12.9. The van der Waals surface area contributed by atoms with Gasteiger partial charge in [-0.25, -0.2) is 4.79 Å². The molecule has 29 heavy (non-hydrogen) atoms. The number of carbonyl (C=O) groups is 2. The molecule has 0 aliphatic heterocycles. The summed E-state index contributed by atoms with van der Waals surface area (Å²) in [6, 6.07) is 11.3. The number of benzene rings is 2. The van der Waals surface area contributed by atoms with Crippen LogP contribution in [0.25, 0.3) is 0 Å². The molecule has 0 saturated heterocycles. The zero-order valence-corrected chi connectivity index (χ0v) is 16.4. The Balaban J connectivity index is 1.95. The van der Waals surface area contributed by atoms with Gasteiger partial charge in [-0.15, -0.1) is 0 Å². The lowest BCUT2D eigenvalue weighted by Gasteiger charge is -2.23. The van der Waals surface area contributed by atoms with Crippen LogP contribution in [0.15, 0.2) is 42.5 Å². The highest BCUT2D eigenvalue weighted by Gasteiger charge is 2.27. The van der Waals surface area contributed by atoms with Gasteiger partial charge in [-0.05, 0) is 51.0 Å². The van der Waals surface area contributed by atoms with Gasteiger partial charge in [0.15, 0.2) is 0 Å². The van der Waals surface area contributed by atoms with Crippen molar-refractivity contribution < 1.29 is 19.2 Å². The van der Waals surface area contributed by atoms with Crippen LogP contribution in [0, 0.1) is 10.1 Å². The summed E-state index contributed by atoms with van der Waals surface area (Å²) in [5, 5.41) is 14.6. The third-order valence-electron chi connectivity index (χ3n) is 4.63. The molecule has 0 radical (unpaired) electrons. The third-order valence-corrected chi connectivity index (χ3v) is 4.63. The molecular formula is C21H23N3O5. The van der Waals surface area contributed by atoms with Gasteiger partial charge in [-0.1, -0.05) is 12.1 Å². The van der Waals surface area contributed by atoms with E-state index in [9.17, 15) is 19.7 Å². The Hall–Kier alpha value is -3.42. The topological polar surface area (TPSA) is 102 Å². The van der Waals surface area contributed by atoms with Crippen molar-refractivity contribution in [1.29, 1.82) is 0 Å². The van der Waals surface area contributed by atoms with Gasteiger partial charge in [0.25, 0.3) is 11.6 Å². The molecule has 2 aromatic rings. The Bertz CT molecular complexity index is 940. The van der Waals surface area contributed by atoms with Crippen molar-refractivity contribution in [1.82, 2.24) is 0 Å². The fraction of sp³-hybridized carbons (Fsp3) is 0.333. The SMILES string of the molecule is CCOC(=O)c1ccccc1N(CC)C(=O)c1ccc(NC2CC2)c([N+](=O)[O-])c1. The van der Waals surface area contributed by atoms with Crippen LogP contribution in [0.3, 0.4) is 0 Å². The van der Waals surface area contributed by atoms with Crippen molar-refractivity contribution >= 4 is 28.9 Å². The van der Waals surface area contributed by atoms with E-state index in [-0.39, 0.29) is 36.0 Å². The number of nitro groups is 1. The number of ether oxygens (including phenoxy) is 1. The number of para-hydroxylation sites is 1. The van der Waals surface area contributed by atoms with Gasteiger partial charge >= 0.3 is 5.97 Å². The van der Waals surface area contributed by atoms with Crippen molar-refractivity contribution in [2.45, 2.75) is 32.7 Å². The van der Waals surface area contributed by atoms with Gasteiger partial charge in [-0.2, -0.15) is 0 Å². The zero-order chi connectivity index (χ0) is 21.0. The van der Waals surface area contributed by atoms with Gasteiger partial charge in [-0.3, -0.25) is 14.9 Å². The molecular weight excluding hydrogens is 374 g/mol. The highest BCUT2D eigenvalue weighted by atomic mass is 16.6. The summed E-state index contributed by atoms with van der Waals surface area (Å²) < 4.78 is 5.08. The van der Waals surface area contributed by atoms with Crippen molar-refractivity contribution in [3.8, 4) is 0 Å². The minimum Gasteiger partial charge on any atom is -0.462 e. The van der Waals surface area contributed by atoms with E-state index in [1.807, 2.05) is 0 Å². The first-order valence-electron chi connectivity index (χ1n) is 9.59. The first kappa shape index (κ1) is 20.3. The van der Waals surface area contributed by atoms with Gasteiger partial charge in [0, 0.05) is 24.2 Å². The van der Waals surface area contributed by atoms with E-state index in [2.05, 4.69) is 5.32 Å². The Morgan fingerprint density at radius 1 is 1.21 bits per heavy atom. The molecule has 8 heteroatoms. The molecule has 1 aliphatic carbocycles. The molecule has 8 nitrogen and oxygen atoms in total. The smallest absolute Gasteiger partial charge is 0.340 e. The number of amides is 1. The lowest BCUT2D eigenvalue weighted by Crippen LogP contribution is -2.32. The van der Waals surface area contributed by atoms with Crippen LogP contribution in [0.4, 0.5) is 17.1 Å². The van der Waals surface area contributed by atoms with Crippen molar-refractivity contribution in [2.75, 3.05) is 23.4 Å². The molecule has 1 saturated carbocycles. The summed E-state index contributed by atoms with van der Waals surface area (Å²) in [7, 11) is 0. The Morgan fingerprint density at radius 2 is 1.93 bits per heavy atom. The summed E-state index contributed by atoms with van der Waals surface area (Å²) in [6.45, 7) is 3.98. The van der Waals surface area contributed by atoms with E-state index in [1.54, 1.807) is 50.2 Å². The van der Waals surface area contributed by atoms with Gasteiger partial charge < -0.3 is 15.0 Å². The molecule has 0 atom stereocenters. The van der Waals surface area contributed by atoms with Crippen molar-refractivity contribution in [3.05, 3.63) is 63.7 Å². The van der Waals surface area contributed by atoms with Crippen LogP contribution in [-0.4, -0.2) is 36.0 Å². The first-order valence-corrected chi connectivity index (χ1v) is 9.59.